The molecule has 0 aliphatic carbocycles. The Balaban J connectivity index is 2.80. The molecule has 17 heavy (non-hydrogen) atoms. The SMILES string of the molecule is C=CNC(CF)C(O)c1cc[c]([Sn]([CH3])[CH3])cc1. The van der Waals surface area contributed by atoms with Gasteiger partial charge < -0.3 is 0 Å². The van der Waals surface area contributed by atoms with E-state index in [1.54, 1.807) is 0 Å². The molecule has 0 saturated heterocycles. The van der Waals surface area contributed by atoms with Crippen molar-refractivity contribution in [2.75, 3.05) is 6.67 Å². The standard InChI is InChI=1S/C11H13FNO.2CH3.Sn/c1-2-13-10(8-12)11(14)9-6-4-3-5-7-9;;;/h2,4-7,10-11,13-14H,1,8H2;2*1H3;. The Morgan fingerprint density at radius 1 is 1.41 bits per heavy atom. The summed E-state index contributed by atoms with van der Waals surface area (Å²) in [6.07, 6.45) is 0.568. The van der Waals surface area contributed by atoms with Crippen molar-refractivity contribution in [1.29, 1.82) is 0 Å². The van der Waals surface area contributed by atoms with Gasteiger partial charge >= 0.3 is 109 Å². The van der Waals surface area contributed by atoms with Crippen molar-refractivity contribution in [3.8, 4) is 0 Å². The third kappa shape index (κ3) is 3.99. The molecule has 4 heteroatoms. The van der Waals surface area contributed by atoms with Crippen LogP contribution in [0.5, 0.6) is 0 Å². The minimum absolute atomic E-state index is 0.625. The fourth-order valence-electron chi connectivity index (χ4n) is 1.62. The molecule has 2 N–H and O–H groups in total. The fraction of sp³-hybridized carbons (Fsp3) is 0.385. The van der Waals surface area contributed by atoms with Gasteiger partial charge in [-0.3, -0.25) is 0 Å². The molecule has 2 atom stereocenters. The molecule has 0 amide bonds. The van der Waals surface area contributed by atoms with Gasteiger partial charge in [-0.1, -0.05) is 0 Å². The van der Waals surface area contributed by atoms with Crippen LogP contribution in [0.15, 0.2) is 37.0 Å². The van der Waals surface area contributed by atoms with Gasteiger partial charge in [-0.2, -0.15) is 0 Å². The zero-order chi connectivity index (χ0) is 12.8. The summed E-state index contributed by atoms with van der Waals surface area (Å²) in [6, 6.07) is 7.26. The first-order valence-corrected chi connectivity index (χ1v) is 12.7. The molecule has 0 fully saturated rings. The van der Waals surface area contributed by atoms with Gasteiger partial charge in [-0.25, -0.2) is 0 Å². The second-order valence-corrected chi connectivity index (χ2v) is 11.6. The van der Waals surface area contributed by atoms with Crippen LogP contribution < -0.4 is 8.90 Å². The van der Waals surface area contributed by atoms with Crippen molar-refractivity contribution >= 4 is 23.3 Å². The number of aliphatic hydroxyl groups is 1. The Hall–Kier alpha value is -0.551. The Bertz CT molecular complexity index is 353. The van der Waals surface area contributed by atoms with Crippen molar-refractivity contribution in [1.82, 2.24) is 5.32 Å². The normalized spacial score (nSPS) is 14.4. The third-order valence-electron chi connectivity index (χ3n) is 2.71. The predicted molar refractivity (Wildman–Crippen MR) is 71.6 cm³/mol. The average molecular weight is 343 g/mol. The first-order chi connectivity index (χ1) is 8.10. The number of alkyl halides is 1. The van der Waals surface area contributed by atoms with Crippen LogP contribution in [0.25, 0.3) is 0 Å². The molecule has 2 nitrogen and oxygen atoms in total. The van der Waals surface area contributed by atoms with Gasteiger partial charge in [0.15, 0.2) is 0 Å². The molecule has 0 saturated carbocycles. The Morgan fingerprint density at radius 2 is 2.00 bits per heavy atom. The molecule has 1 rings (SSSR count). The number of halogens is 1. The van der Waals surface area contributed by atoms with Gasteiger partial charge in [0.1, 0.15) is 0 Å². The first-order valence-electron chi connectivity index (χ1n) is 5.61. The number of rotatable bonds is 6. The molecular formula is C13H19FNOSn. The number of aliphatic hydroxyl groups excluding tert-OH is 1. The van der Waals surface area contributed by atoms with E-state index in [0.717, 1.165) is 5.56 Å². The molecular weight excluding hydrogens is 324 g/mol. The topological polar surface area (TPSA) is 32.3 Å². The van der Waals surface area contributed by atoms with E-state index in [2.05, 4.69) is 33.9 Å². The monoisotopic (exact) mass is 344 g/mol. The summed E-state index contributed by atoms with van der Waals surface area (Å²) in [4.78, 5) is 4.61. The van der Waals surface area contributed by atoms with E-state index < -0.39 is 38.6 Å². The fourth-order valence-corrected chi connectivity index (χ4v) is 4.00. The van der Waals surface area contributed by atoms with Gasteiger partial charge in [-0.15, -0.1) is 0 Å². The van der Waals surface area contributed by atoms with Crippen LogP contribution >= 0.6 is 0 Å². The molecule has 0 aliphatic rings. The van der Waals surface area contributed by atoms with E-state index in [1.807, 2.05) is 12.1 Å². The second-order valence-electron chi connectivity index (χ2n) is 4.20. The van der Waals surface area contributed by atoms with Crippen LogP contribution in [0.4, 0.5) is 4.39 Å². The summed E-state index contributed by atoms with van der Waals surface area (Å²) in [5.41, 5.74) is 0.746. The number of nitrogens with one attached hydrogen (secondary N) is 1. The van der Waals surface area contributed by atoms with Crippen LogP contribution in [0.2, 0.25) is 9.88 Å². The summed E-state index contributed by atoms with van der Waals surface area (Å²) < 4.78 is 14.1. The summed E-state index contributed by atoms with van der Waals surface area (Å²) >= 11 is -1.34. The van der Waals surface area contributed by atoms with Gasteiger partial charge in [0.05, 0.1) is 0 Å². The van der Waals surface area contributed by atoms with Crippen LogP contribution in [0.1, 0.15) is 11.7 Å². The quantitative estimate of drug-likeness (QED) is 0.772. The van der Waals surface area contributed by atoms with Crippen LogP contribution in [0, 0.1) is 0 Å². The van der Waals surface area contributed by atoms with Crippen LogP contribution in [-0.2, 0) is 0 Å². The van der Waals surface area contributed by atoms with E-state index in [-0.39, 0.29) is 0 Å². The molecule has 1 aromatic carbocycles. The molecule has 0 spiro atoms. The van der Waals surface area contributed by atoms with E-state index in [1.165, 1.54) is 9.78 Å². The summed E-state index contributed by atoms with van der Waals surface area (Å²) in [7, 11) is 0. The van der Waals surface area contributed by atoms with Gasteiger partial charge in [0.25, 0.3) is 0 Å². The van der Waals surface area contributed by atoms with Crippen molar-refractivity contribution < 1.29 is 9.50 Å². The van der Waals surface area contributed by atoms with Crippen molar-refractivity contribution in [2.45, 2.75) is 22.0 Å². The summed E-state index contributed by atoms with van der Waals surface area (Å²) in [5, 5.41) is 12.7. The average Bonchev–Trinajstić information content (AvgIpc) is 2.35. The van der Waals surface area contributed by atoms with Crippen molar-refractivity contribution in [3.05, 3.63) is 42.6 Å². The molecule has 0 bridgehead atoms. The maximum absolute atomic E-state index is 12.7. The zero-order valence-corrected chi connectivity index (χ0v) is 13.1. The molecule has 1 radical (unpaired) electrons. The Labute approximate surface area is 109 Å². The van der Waals surface area contributed by atoms with Gasteiger partial charge in [0, 0.05) is 0 Å². The first kappa shape index (κ1) is 14.5. The Kier molecular flexibility index (Phi) is 5.98. The Morgan fingerprint density at radius 3 is 2.41 bits per heavy atom. The molecule has 93 valence electrons. The van der Waals surface area contributed by atoms with Crippen LogP contribution in [-0.4, -0.2) is 37.6 Å². The number of hydrogen-bond acceptors (Lipinski definition) is 2. The molecule has 1 aromatic rings. The van der Waals surface area contributed by atoms with Crippen molar-refractivity contribution in [3.63, 3.8) is 0 Å². The minimum atomic E-state index is -1.34. The number of benzene rings is 1. The van der Waals surface area contributed by atoms with E-state index >= 15 is 0 Å². The van der Waals surface area contributed by atoms with E-state index in [4.69, 9.17) is 0 Å². The molecule has 0 aromatic heterocycles. The van der Waals surface area contributed by atoms with E-state index in [9.17, 15) is 9.50 Å². The summed E-state index contributed by atoms with van der Waals surface area (Å²) in [6.45, 7) is 2.85. The maximum atomic E-state index is 12.7. The molecule has 0 heterocycles. The number of hydrogen-bond donors (Lipinski definition) is 2. The van der Waals surface area contributed by atoms with Gasteiger partial charge in [0.2, 0.25) is 0 Å². The second kappa shape index (κ2) is 7.01. The van der Waals surface area contributed by atoms with E-state index in [0.29, 0.717) is 0 Å². The zero-order valence-electron chi connectivity index (χ0n) is 10.3. The molecule has 0 aliphatic heterocycles. The molecule has 2 unspecified atom stereocenters. The predicted octanol–water partition coefficient (Wildman–Crippen LogP) is 1.75. The van der Waals surface area contributed by atoms with Crippen molar-refractivity contribution in [2.24, 2.45) is 0 Å². The third-order valence-corrected chi connectivity index (χ3v) is 6.96. The van der Waals surface area contributed by atoms with Crippen LogP contribution in [0.3, 0.4) is 0 Å². The summed E-state index contributed by atoms with van der Waals surface area (Å²) in [5.74, 6) is 0. The van der Waals surface area contributed by atoms with Gasteiger partial charge in [-0.05, 0) is 0 Å².